The Hall–Kier alpha value is -2.43. The Labute approximate surface area is 155 Å². The van der Waals surface area contributed by atoms with Gasteiger partial charge in [-0.2, -0.15) is 0 Å². The molecule has 0 unspecified atom stereocenters. The Kier molecular flexibility index (Phi) is 5.02. The maximum absolute atomic E-state index is 12.2. The second-order valence-corrected chi connectivity index (χ2v) is 6.02. The highest BCUT2D eigenvalue weighted by Crippen LogP contribution is 2.35. The van der Waals surface area contributed by atoms with Gasteiger partial charge in [-0.3, -0.25) is 0 Å². The zero-order valence-corrected chi connectivity index (χ0v) is 15.0. The predicted octanol–water partition coefficient (Wildman–Crippen LogP) is 4.99. The Morgan fingerprint density at radius 1 is 1.00 bits per heavy atom. The Morgan fingerprint density at radius 2 is 1.68 bits per heavy atom. The van der Waals surface area contributed by atoms with Crippen molar-refractivity contribution in [2.75, 3.05) is 14.2 Å². The van der Waals surface area contributed by atoms with Crippen LogP contribution in [-0.2, 0) is 9.53 Å². The van der Waals surface area contributed by atoms with Crippen LogP contribution in [0.5, 0.6) is 11.5 Å². The molecule has 2 aromatic rings. The van der Waals surface area contributed by atoms with Crippen LogP contribution >= 0.6 is 23.2 Å². The zero-order valence-electron chi connectivity index (χ0n) is 13.5. The van der Waals surface area contributed by atoms with Crippen molar-refractivity contribution in [1.29, 1.82) is 0 Å². The summed E-state index contributed by atoms with van der Waals surface area (Å²) in [5.41, 5.74) is 1.63. The van der Waals surface area contributed by atoms with Gasteiger partial charge in [0.2, 0.25) is 0 Å². The molecule has 25 heavy (non-hydrogen) atoms. The summed E-state index contributed by atoms with van der Waals surface area (Å²) in [5, 5.41) is 0.918. The molecule has 1 heterocycles. The molecule has 1 aliphatic heterocycles. The molecule has 128 valence electrons. The molecule has 2 aromatic carbocycles. The Bertz CT molecular complexity index is 880. The predicted molar refractivity (Wildman–Crippen MR) is 98.1 cm³/mol. The Morgan fingerprint density at radius 3 is 2.32 bits per heavy atom. The molecular formula is C19H14Cl2O4. The van der Waals surface area contributed by atoms with Crippen molar-refractivity contribution in [2.45, 2.75) is 0 Å². The smallest absolute Gasteiger partial charge is 0.343 e. The van der Waals surface area contributed by atoms with Gasteiger partial charge in [-0.15, -0.1) is 0 Å². The van der Waals surface area contributed by atoms with Gasteiger partial charge >= 0.3 is 5.97 Å². The van der Waals surface area contributed by atoms with Crippen molar-refractivity contribution in [1.82, 2.24) is 0 Å². The van der Waals surface area contributed by atoms with Crippen LogP contribution in [-0.4, -0.2) is 20.2 Å². The van der Waals surface area contributed by atoms with Crippen molar-refractivity contribution in [3.8, 4) is 11.5 Å². The van der Waals surface area contributed by atoms with E-state index in [1.807, 2.05) is 0 Å². The minimum atomic E-state index is -0.472. The van der Waals surface area contributed by atoms with Crippen LogP contribution in [0.1, 0.15) is 11.1 Å². The molecule has 0 fully saturated rings. The van der Waals surface area contributed by atoms with Gasteiger partial charge in [0.15, 0.2) is 11.5 Å². The fourth-order valence-electron chi connectivity index (χ4n) is 2.42. The quantitative estimate of drug-likeness (QED) is 0.556. The normalized spacial score (nSPS) is 15.1. The fraction of sp³-hybridized carbons (Fsp3) is 0.105. The zero-order chi connectivity index (χ0) is 18.0. The van der Waals surface area contributed by atoms with Crippen LogP contribution < -0.4 is 9.47 Å². The molecule has 4 nitrogen and oxygen atoms in total. The second-order valence-electron chi connectivity index (χ2n) is 5.20. The number of benzene rings is 2. The van der Waals surface area contributed by atoms with Crippen molar-refractivity contribution in [2.24, 2.45) is 0 Å². The number of carbonyl (C=O) groups excluding carboxylic acids is 1. The third-order valence-electron chi connectivity index (χ3n) is 3.69. The fourth-order valence-corrected chi connectivity index (χ4v) is 2.93. The van der Waals surface area contributed by atoms with E-state index < -0.39 is 5.97 Å². The number of methoxy groups -OCH3 is 2. The summed E-state index contributed by atoms with van der Waals surface area (Å²) in [6.45, 7) is 0. The highest BCUT2D eigenvalue weighted by Gasteiger charge is 2.23. The maximum Gasteiger partial charge on any atom is 0.343 e. The summed E-state index contributed by atoms with van der Waals surface area (Å²) >= 11 is 12.3. The van der Waals surface area contributed by atoms with Crippen molar-refractivity contribution in [3.63, 3.8) is 0 Å². The molecule has 6 heteroatoms. The Balaban J connectivity index is 1.99. The van der Waals surface area contributed by atoms with E-state index >= 15 is 0 Å². The number of halogens is 2. The van der Waals surface area contributed by atoms with E-state index in [0.717, 1.165) is 0 Å². The molecule has 0 radical (unpaired) electrons. The lowest BCUT2D eigenvalue weighted by molar-refractivity contribution is -0.130. The molecule has 0 aromatic heterocycles. The highest BCUT2D eigenvalue weighted by atomic mass is 35.5. The van der Waals surface area contributed by atoms with Gasteiger partial charge in [-0.25, -0.2) is 4.79 Å². The SMILES string of the molecule is COc1ccc(C2=CC(=Cc3c(Cl)cccc3Cl)C(=O)O2)cc1OC. The first-order chi connectivity index (χ1) is 12.0. The van der Waals surface area contributed by atoms with Gasteiger partial charge in [0.1, 0.15) is 5.76 Å². The van der Waals surface area contributed by atoms with Crippen molar-refractivity contribution in [3.05, 3.63) is 69.2 Å². The first-order valence-corrected chi connectivity index (χ1v) is 8.11. The number of rotatable bonds is 4. The van der Waals surface area contributed by atoms with Crippen molar-refractivity contribution < 1.29 is 19.0 Å². The molecule has 0 spiro atoms. The van der Waals surface area contributed by atoms with E-state index in [-0.39, 0.29) is 0 Å². The lowest BCUT2D eigenvalue weighted by Gasteiger charge is -2.09. The summed E-state index contributed by atoms with van der Waals surface area (Å²) in [6.07, 6.45) is 3.25. The van der Waals surface area contributed by atoms with Gasteiger partial charge in [0.05, 0.1) is 19.8 Å². The first-order valence-electron chi connectivity index (χ1n) is 7.35. The topological polar surface area (TPSA) is 44.8 Å². The van der Waals surface area contributed by atoms with E-state index in [1.165, 1.54) is 0 Å². The summed E-state index contributed by atoms with van der Waals surface area (Å²) in [5.74, 6) is 1.08. The molecule has 0 bridgehead atoms. The third-order valence-corrected chi connectivity index (χ3v) is 4.35. The monoisotopic (exact) mass is 376 g/mol. The minimum absolute atomic E-state index is 0.361. The molecule has 0 N–H and O–H groups in total. The summed E-state index contributed by atoms with van der Waals surface area (Å²) in [4.78, 5) is 12.2. The number of cyclic esters (lactones) is 1. The van der Waals surface area contributed by atoms with Gasteiger partial charge in [-0.05, 0) is 42.5 Å². The molecule has 0 aliphatic carbocycles. The van der Waals surface area contributed by atoms with E-state index in [0.29, 0.717) is 44.0 Å². The third kappa shape index (κ3) is 3.50. The standard InChI is InChI=1S/C19H14Cl2O4/c1-23-16-7-6-11(9-18(16)24-2)17-10-12(19(22)25-17)8-13-14(20)4-3-5-15(13)21/h3-10H,1-2H3. The molecule has 0 saturated carbocycles. The van der Waals surface area contributed by atoms with Crippen LogP contribution in [0.15, 0.2) is 48.0 Å². The van der Waals surface area contributed by atoms with E-state index in [9.17, 15) is 4.79 Å². The van der Waals surface area contributed by atoms with Gasteiger partial charge in [0.25, 0.3) is 0 Å². The lowest BCUT2D eigenvalue weighted by Crippen LogP contribution is -1.98. The van der Waals surface area contributed by atoms with Gasteiger partial charge in [-0.1, -0.05) is 29.3 Å². The number of carbonyl (C=O) groups is 1. The average Bonchev–Trinajstić information content (AvgIpc) is 2.98. The van der Waals surface area contributed by atoms with Crippen molar-refractivity contribution >= 4 is 41.0 Å². The van der Waals surface area contributed by atoms with Crippen LogP contribution in [0.25, 0.3) is 11.8 Å². The molecule has 3 rings (SSSR count). The van der Waals surface area contributed by atoms with Gasteiger partial charge < -0.3 is 14.2 Å². The van der Waals surface area contributed by atoms with E-state index in [1.54, 1.807) is 62.8 Å². The molecule has 1 aliphatic rings. The number of ether oxygens (including phenoxy) is 3. The summed E-state index contributed by atoms with van der Waals surface area (Å²) < 4.78 is 15.8. The largest absolute Gasteiger partial charge is 0.493 e. The highest BCUT2D eigenvalue weighted by molar-refractivity contribution is 6.37. The van der Waals surface area contributed by atoms with Gasteiger partial charge in [0, 0.05) is 21.2 Å². The van der Waals surface area contributed by atoms with Crippen LogP contribution in [0.2, 0.25) is 10.0 Å². The molecule has 0 saturated heterocycles. The van der Waals surface area contributed by atoms with Crippen LogP contribution in [0.4, 0.5) is 0 Å². The molecule has 0 atom stereocenters. The van der Waals surface area contributed by atoms with E-state index in [2.05, 4.69) is 0 Å². The summed E-state index contributed by atoms with van der Waals surface area (Å²) in [6, 6.07) is 10.4. The minimum Gasteiger partial charge on any atom is -0.493 e. The first kappa shape index (κ1) is 17.4. The average molecular weight is 377 g/mol. The molecule has 0 amide bonds. The maximum atomic E-state index is 12.2. The number of hydrogen-bond donors (Lipinski definition) is 0. The molecular weight excluding hydrogens is 363 g/mol. The second kappa shape index (κ2) is 7.21. The number of esters is 1. The van der Waals surface area contributed by atoms with Crippen LogP contribution in [0, 0.1) is 0 Å². The summed E-state index contributed by atoms with van der Waals surface area (Å²) in [7, 11) is 3.10. The van der Waals surface area contributed by atoms with E-state index in [4.69, 9.17) is 37.4 Å². The number of hydrogen-bond acceptors (Lipinski definition) is 4. The lowest BCUT2D eigenvalue weighted by atomic mass is 10.1. The van der Waals surface area contributed by atoms with Crippen LogP contribution in [0.3, 0.4) is 0 Å².